The Morgan fingerprint density at radius 2 is 0.605 bits per heavy atom. The predicted octanol–water partition coefficient (Wildman–Crippen LogP) is 14.2. The van der Waals surface area contributed by atoms with Gasteiger partial charge in [0.2, 0.25) is 0 Å². The second-order valence-electron chi connectivity index (χ2n) is 21.2. The van der Waals surface area contributed by atoms with Crippen LogP contribution in [0.1, 0.15) is 113 Å². The molecule has 0 aromatic heterocycles. The fourth-order valence-electron chi connectivity index (χ4n) is 11.8. The van der Waals surface area contributed by atoms with E-state index in [4.69, 9.17) is 18.9 Å². The van der Waals surface area contributed by atoms with Crippen LogP contribution in [0.15, 0.2) is 170 Å². The lowest BCUT2D eigenvalue weighted by Crippen LogP contribution is -2.26. The van der Waals surface area contributed by atoms with Crippen LogP contribution in [0.3, 0.4) is 0 Å². The van der Waals surface area contributed by atoms with E-state index in [-0.39, 0.29) is 81.5 Å². The van der Waals surface area contributed by atoms with Crippen molar-refractivity contribution < 1.29 is 59.8 Å². The molecule has 0 fully saturated rings. The number of phenolic OH excluding ortho intramolecular Hbond substituents is 8. The number of benzene rings is 9. The molecule has 0 saturated heterocycles. The first-order valence-corrected chi connectivity index (χ1v) is 26.9. The molecule has 3 aliphatic heterocycles. The molecule has 12 nitrogen and oxygen atoms in total. The normalized spacial score (nSPS) is 18.5. The number of aryl methyl sites for hydroxylation is 2. The average molecular weight is 1090 g/mol. The molecule has 0 radical (unpaired) electrons. The Morgan fingerprint density at radius 1 is 0.321 bits per heavy atom. The molecule has 9 aromatic carbocycles. The summed E-state index contributed by atoms with van der Waals surface area (Å²) in [4.78, 5) is 0. The van der Waals surface area contributed by atoms with Crippen molar-refractivity contribution in [2.75, 3.05) is 26.9 Å². The Bertz CT molecular complexity index is 3710. The molecule has 3 aliphatic rings. The molecule has 0 amide bonds. The largest absolute Gasteiger partial charge is 0.508 e. The number of fused-ring (bicyclic) bond motifs is 3. The van der Waals surface area contributed by atoms with Gasteiger partial charge in [-0.25, -0.2) is 0 Å². The van der Waals surface area contributed by atoms with Crippen LogP contribution in [0.4, 0.5) is 0 Å². The van der Waals surface area contributed by atoms with Gasteiger partial charge >= 0.3 is 0 Å². The van der Waals surface area contributed by atoms with Crippen LogP contribution in [0.25, 0.3) is 0 Å². The van der Waals surface area contributed by atoms with E-state index in [2.05, 4.69) is 12.1 Å². The monoisotopic (exact) mass is 1090 g/mol. The Hall–Kier alpha value is -9.42. The third kappa shape index (κ3) is 11.1. The summed E-state index contributed by atoms with van der Waals surface area (Å²) >= 11 is 0. The Labute approximate surface area is 471 Å². The molecule has 12 rings (SSSR count). The molecule has 6 unspecified atom stereocenters. The fraction of sp³-hybridized carbons (Fsp3) is 0.217. The van der Waals surface area contributed by atoms with Gasteiger partial charge in [0.05, 0.1) is 26.9 Å². The van der Waals surface area contributed by atoms with Crippen LogP contribution in [0, 0.1) is 34.6 Å². The molecule has 0 saturated carbocycles. The van der Waals surface area contributed by atoms with Crippen LogP contribution in [0.2, 0.25) is 0 Å². The number of hydrogen-bond donors (Lipinski definition) is 8. The third-order valence-corrected chi connectivity index (χ3v) is 16.2. The molecule has 414 valence electrons. The van der Waals surface area contributed by atoms with Gasteiger partial charge in [-0.3, -0.25) is 0 Å². The third-order valence-electron chi connectivity index (χ3n) is 16.2. The van der Waals surface area contributed by atoms with Gasteiger partial charge in [-0.15, -0.1) is 0 Å². The van der Waals surface area contributed by atoms with Crippen LogP contribution < -0.4 is 18.9 Å². The van der Waals surface area contributed by atoms with E-state index in [0.29, 0.717) is 19.8 Å². The zero-order chi connectivity index (χ0) is 57.2. The summed E-state index contributed by atoms with van der Waals surface area (Å²) in [6.07, 6.45) is 0. The Kier molecular flexibility index (Phi) is 15.7. The van der Waals surface area contributed by atoms with Crippen LogP contribution in [-0.4, -0.2) is 67.8 Å². The van der Waals surface area contributed by atoms with Gasteiger partial charge in [0.25, 0.3) is 0 Å². The summed E-state index contributed by atoms with van der Waals surface area (Å²) in [6.45, 7) is 10.9. The number of aromatic hydroxyl groups is 8. The molecule has 6 atom stereocenters. The van der Waals surface area contributed by atoms with Crippen molar-refractivity contribution in [2.45, 2.75) is 70.1 Å². The smallest absolute Gasteiger partial charge is 0.129 e. The molecule has 0 spiro atoms. The minimum absolute atomic E-state index is 0.0110. The molecular weight excluding hydrogens is 1020 g/mol. The highest BCUT2D eigenvalue weighted by atomic mass is 16.5. The fourth-order valence-corrected chi connectivity index (χ4v) is 11.8. The first-order valence-electron chi connectivity index (χ1n) is 26.9. The minimum Gasteiger partial charge on any atom is -0.508 e. The van der Waals surface area contributed by atoms with Crippen LogP contribution in [0.5, 0.6) is 69.0 Å². The topological polar surface area (TPSA) is 199 Å². The van der Waals surface area contributed by atoms with Gasteiger partial charge in [-0.1, -0.05) is 91.0 Å². The lowest BCUT2D eigenvalue weighted by atomic mass is 9.75. The average Bonchev–Trinajstić information content (AvgIpc) is 3.63. The summed E-state index contributed by atoms with van der Waals surface area (Å²) in [5.41, 5.74) is 13.8. The van der Waals surface area contributed by atoms with Crippen LogP contribution in [-0.2, 0) is 0 Å². The molecule has 0 bridgehead atoms. The maximum Gasteiger partial charge on any atom is 0.129 e. The zero-order valence-corrected chi connectivity index (χ0v) is 46.0. The Morgan fingerprint density at radius 3 is 0.926 bits per heavy atom. The molecule has 81 heavy (non-hydrogen) atoms. The van der Waals surface area contributed by atoms with E-state index in [9.17, 15) is 40.9 Å². The second kappa shape index (κ2) is 23.1. The lowest BCUT2D eigenvalue weighted by molar-refractivity contribution is 0.245. The number of phenols is 8. The summed E-state index contributed by atoms with van der Waals surface area (Å²) < 4.78 is 23.6. The van der Waals surface area contributed by atoms with Gasteiger partial charge in [-0.05, 0) is 158 Å². The molecule has 0 aliphatic carbocycles. The highest BCUT2D eigenvalue weighted by Crippen LogP contribution is 2.52. The molecule has 9 aromatic rings. The van der Waals surface area contributed by atoms with E-state index in [1.807, 2.05) is 120 Å². The standard InChI is InChI=1S/C24H24O4.C23H22O4.C22H20O4/c1-14-12-17(6-11-22(14)27-3)23-19-9-10-21(26)15(2)24(19)28-13-20(23)16-4-7-18(25)8-5-16;1-13-11-16(5-9-20(13)25)22-18-8-10-21(26)14(2)23(18)27-12-19(22)15-3-6-17(24)7-4-15;1-13-20(25)11-10-18-21(15-4-8-17(24)9-5-15)19(12-26-22(13)18)14-2-6-16(23)7-3-14/h4-12,20,23,25-26H,13H2,1-3H3;3-11,19,22,24-26H,12H2,1-2H3;2-11,19,21,23-25H,12H2,1H3. The van der Waals surface area contributed by atoms with Crippen molar-refractivity contribution in [3.63, 3.8) is 0 Å². The van der Waals surface area contributed by atoms with E-state index >= 15 is 0 Å². The number of ether oxygens (including phenoxy) is 4. The van der Waals surface area contributed by atoms with Gasteiger partial charge in [-0.2, -0.15) is 0 Å². The van der Waals surface area contributed by atoms with Crippen molar-refractivity contribution in [1.29, 1.82) is 0 Å². The second-order valence-corrected chi connectivity index (χ2v) is 21.2. The summed E-state index contributed by atoms with van der Waals surface area (Å²) in [5, 5.41) is 78.8. The van der Waals surface area contributed by atoms with E-state index in [1.54, 1.807) is 79.9 Å². The van der Waals surface area contributed by atoms with E-state index in [0.717, 1.165) is 95.3 Å². The SMILES string of the molecule is COc1ccc(C2c3ccc(O)c(C)c3OCC2c2ccc(O)cc2)cc1C.Cc1c(O)ccc2c1OCC(c1ccc(O)cc1)C2c1ccc(O)cc1.Cc1cc(C2c3ccc(O)c(C)c3OCC2c2ccc(O)cc2)ccc1O. The zero-order valence-electron chi connectivity index (χ0n) is 46.0. The van der Waals surface area contributed by atoms with Gasteiger partial charge in [0.15, 0.2) is 0 Å². The first kappa shape index (κ1) is 54.9. The van der Waals surface area contributed by atoms with Crippen molar-refractivity contribution in [1.82, 2.24) is 0 Å². The Balaban J connectivity index is 0.000000136. The maximum atomic E-state index is 10.1. The first-order chi connectivity index (χ1) is 39.0. The maximum absolute atomic E-state index is 10.1. The van der Waals surface area contributed by atoms with Crippen LogP contribution >= 0.6 is 0 Å². The number of hydrogen-bond acceptors (Lipinski definition) is 12. The molecular formula is C69H66O12. The highest BCUT2D eigenvalue weighted by Gasteiger charge is 2.38. The van der Waals surface area contributed by atoms with Gasteiger partial charge < -0.3 is 59.8 Å². The minimum atomic E-state index is 0.0110. The summed E-state index contributed by atoms with van der Waals surface area (Å²) in [7, 11) is 1.68. The highest BCUT2D eigenvalue weighted by molar-refractivity contribution is 5.59. The van der Waals surface area contributed by atoms with Gasteiger partial charge in [0.1, 0.15) is 69.0 Å². The van der Waals surface area contributed by atoms with Crippen molar-refractivity contribution in [3.8, 4) is 69.0 Å². The van der Waals surface area contributed by atoms with Crippen molar-refractivity contribution in [3.05, 3.63) is 248 Å². The number of methoxy groups -OCH3 is 1. The lowest BCUT2D eigenvalue weighted by Gasteiger charge is -2.35. The van der Waals surface area contributed by atoms with Crippen molar-refractivity contribution in [2.24, 2.45) is 0 Å². The summed E-state index contributed by atoms with van der Waals surface area (Å²) in [6, 6.07) is 51.8. The molecule has 3 heterocycles. The molecule has 8 N–H and O–H groups in total. The van der Waals surface area contributed by atoms with E-state index < -0.39 is 0 Å². The quantitative estimate of drug-likeness (QED) is 0.0753. The molecule has 12 heteroatoms. The van der Waals surface area contributed by atoms with Gasteiger partial charge in [0, 0.05) is 68.9 Å². The van der Waals surface area contributed by atoms with E-state index in [1.165, 1.54) is 5.56 Å². The predicted molar refractivity (Wildman–Crippen MR) is 312 cm³/mol. The van der Waals surface area contributed by atoms with Crippen molar-refractivity contribution >= 4 is 0 Å². The number of rotatable bonds is 7. The summed E-state index contributed by atoms with van der Waals surface area (Å²) in [5.74, 6) is 5.23.